The van der Waals surface area contributed by atoms with Crippen LogP contribution in [0, 0.1) is 5.82 Å². The van der Waals surface area contributed by atoms with Crippen molar-refractivity contribution >= 4 is 5.69 Å². The van der Waals surface area contributed by atoms with Crippen LogP contribution in [0.1, 0.15) is 11.1 Å². The quantitative estimate of drug-likeness (QED) is 0.585. The second kappa shape index (κ2) is 8.87. The molecular formula is C21H21FN2O2. The van der Waals surface area contributed by atoms with Crippen molar-refractivity contribution in [2.24, 2.45) is 0 Å². The molecule has 3 aromatic carbocycles. The Kier molecular flexibility index (Phi) is 6.06. The monoisotopic (exact) mass is 352 g/mol. The van der Waals surface area contributed by atoms with Gasteiger partial charge in [0.25, 0.3) is 0 Å². The zero-order valence-corrected chi connectivity index (χ0v) is 14.5. The van der Waals surface area contributed by atoms with Crippen molar-refractivity contribution in [3.05, 3.63) is 89.7 Å². The Hall–Kier alpha value is -3.05. The number of halogens is 1. The van der Waals surface area contributed by atoms with Gasteiger partial charge in [-0.25, -0.2) is 9.82 Å². The summed E-state index contributed by atoms with van der Waals surface area (Å²) in [5.41, 5.74) is 9.22. The van der Waals surface area contributed by atoms with E-state index in [-0.39, 0.29) is 18.2 Å². The van der Waals surface area contributed by atoms with Gasteiger partial charge in [0, 0.05) is 17.8 Å². The number of hydrogen-bond donors (Lipinski definition) is 2. The number of hydrazine groups is 1. The molecule has 134 valence electrons. The summed E-state index contributed by atoms with van der Waals surface area (Å²) in [6.45, 7) is 0.843. The molecular weight excluding hydrogens is 331 g/mol. The van der Waals surface area contributed by atoms with Gasteiger partial charge in [-0.2, -0.15) is 0 Å². The average Bonchev–Trinajstić information content (AvgIpc) is 2.68. The van der Waals surface area contributed by atoms with Gasteiger partial charge >= 0.3 is 0 Å². The van der Waals surface area contributed by atoms with E-state index in [0.29, 0.717) is 12.3 Å². The van der Waals surface area contributed by atoms with E-state index in [1.165, 1.54) is 6.07 Å². The van der Waals surface area contributed by atoms with E-state index in [0.717, 1.165) is 16.8 Å². The van der Waals surface area contributed by atoms with Crippen LogP contribution < -0.4 is 20.3 Å². The number of rotatable bonds is 8. The summed E-state index contributed by atoms with van der Waals surface area (Å²) in [6.07, 6.45) is 0. The lowest BCUT2D eigenvalue weighted by atomic mass is 10.1. The second-order valence-corrected chi connectivity index (χ2v) is 5.71. The van der Waals surface area contributed by atoms with Crippen molar-refractivity contribution in [1.29, 1.82) is 0 Å². The van der Waals surface area contributed by atoms with Crippen molar-refractivity contribution < 1.29 is 13.9 Å². The summed E-state index contributed by atoms with van der Waals surface area (Å²) in [5, 5.41) is 0. The smallest absolute Gasteiger partial charge is 0.165 e. The standard InChI is InChI=1S/C21H21FN2O2/c1-25-20-12-11-16(14-23-24-18-7-3-2-4-8-18)13-17(20)15-26-21-10-6-5-9-19(21)22/h2-13,23-24H,14-15H2,1H3. The molecule has 0 bridgehead atoms. The summed E-state index contributed by atoms with van der Waals surface area (Å²) in [6, 6.07) is 22.1. The van der Waals surface area contributed by atoms with Crippen LogP contribution in [0.3, 0.4) is 0 Å². The highest BCUT2D eigenvalue weighted by molar-refractivity contribution is 5.42. The van der Waals surface area contributed by atoms with Gasteiger partial charge in [-0.3, -0.25) is 0 Å². The van der Waals surface area contributed by atoms with E-state index >= 15 is 0 Å². The molecule has 0 atom stereocenters. The first-order valence-corrected chi connectivity index (χ1v) is 8.33. The fourth-order valence-corrected chi connectivity index (χ4v) is 2.54. The molecule has 0 spiro atoms. The van der Waals surface area contributed by atoms with Crippen LogP contribution in [0.2, 0.25) is 0 Å². The Morgan fingerprint density at radius 3 is 2.42 bits per heavy atom. The Balaban J connectivity index is 1.63. The summed E-state index contributed by atoms with van der Waals surface area (Å²) in [5.74, 6) is 0.557. The van der Waals surface area contributed by atoms with Crippen molar-refractivity contribution in [3.63, 3.8) is 0 Å². The molecule has 0 saturated heterocycles. The number of hydrogen-bond acceptors (Lipinski definition) is 4. The number of anilines is 1. The first-order chi connectivity index (χ1) is 12.8. The van der Waals surface area contributed by atoms with Crippen molar-refractivity contribution in [3.8, 4) is 11.5 Å². The molecule has 0 fully saturated rings. The number of ether oxygens (including phenoxy) is 2. The molecule has 0 saturated carbocycles. The molecule has 0 aromatic heterocycles. The van der Waals surface area contributed by atoms with Gasteiger partial charge < -0.3 is 14.9 Å². The number of nitrogens with one attached hydrogen (secondary N) is 2. The number of methoxy groups -OCH3 is 1. The molecule has 0 unspecified atom stereocenters. The molecule has 26 heavy (non-hydrogen) atoms. The molecule has 0 aliphatic rings. The first-order valence-electron chi connectivity index (χ1n) is 8.33. The van der Waals surface area contributed by atoms with Crippen molar-refractivity contribution in [2.45, 2.75) is 13.2 Å². The molecule has 0 amide bonds. The van der Waals surface area contributed by atoms with Gasteiger partial charge in [0.05, 0.1) is 7.11 Å². The minimum Gasteiger partial charge on any atom is -0.496 e. The molecule has 3 rings (SSSR count). The predicted molar refractivity (Wildman–Crippen MR) is 101 cm³/mol. The lowest BCUT2D eigenvalue weighted by Gasteiger charge is -2.13. The van der Waals surface area contributed by atoms with Gasteiger partial charge in [-0.05, 0) is 42.0 Å². The van der Waals surface area contributed by atoms with Crippen LogP contribution in [0.25, 0.3) is 0 Å². The highest BCUT2D eigenvalue weighted by Gasteiger charge is 2.08. The Bertz CT molecular complexity index is 840. The van der Waals surface area contributed by atoms with E-state index in [1.807, 2.05) is 48.5 Å². The highest BCUT2D eigenvalue weighted by Crippen LogP contribution is 2.23. The van der Waals surface area contributed by atoms with Gasteiger partial charge in [-0.1, -0.05) is 36.4 Å². The van der Waals surface area contributed by atoms with E-state index in [2.05, 4.69) is 10.9 Å². The lowest BCUT2D eigenvalue weighted by molar-refractivity contribution is 0.282. The van der Waals surface area contributed by atoms with Crippen LogP contribution in [0.4, 0.5) is 10.1 Å². The fraction of sp³-hybridized carbons (Fsp3) is 0.143. The second-order valence-electron chi connectivity index (χ2n) is 5.71. The Morgan fingerprint density at radius 2 is 1.65 bits per heavy atom. The van der Waals surface area contributed by atoms with Crippen molar-refractivity contribution in [1.82, 2.24) is 5.43 Å². The van der Waals surface area contributed by atoms with E-state index in [1.54, 1.807) is 25.3 Å². The Labute approximate surface area is 152 Å². The summed E-state index contributed by atoms with van der Waals surface area (Å²) in [4.78, 5) is 0. The number of benzene rings is 3. The normalized spacial score (nSPS) is 10.4. The number of para-hydroxylation sites is 2. The van der Waals surface area contributed by atoms with Crippen molar-refractivity contribution in [2.75, 3.05) is 12.5 Å². The summed E-state index contributed by atoms with van der Waals surface area (Å²) < 4.78 is 24.7. The van der Waals surface area contributed by atoms with Gasteiger partial charge in [0.1, 0.15) is 12.4 Å². The molecule has 4 nitrogen and oxygen atoms in total. The van der Waals surface area contributed by atoms with Crippen LogP contribution in [-0.2, 0) is 13.2 Å². The molecule has 5 heteroatoms. The fourth-order valence-electron chi connectivity index (χ4n) is 2.54. The third-order valence-corrected chi connectivity index (χ3v) is 3.86. The lowest BCUT2D eigenvalue weighted by Crippen LogP contribution is -2.20. The molecule has 0 aliphatic heterocycles. The maximum Gasteiger partial charge on any atom is 0.165 e. The summed E-state index contributed by atoms with van der Waals surface area (Å²) in [7, 11) is 1.61. The third kappa shape index (κ3) is 4.74. The van der Waals surface area contributed by atoms with Gasteiger partial charge in [0.2, 0.25) is 0 Å². The zero-order valence-electron chi connectivity index (χ0n) is 14.5. The maximum absolute atomic E-state index is 13.7. The molecule has 0 heterocycles. The van der Waals surface area contributed by atoms with Crippen LogP contribution in [-0.4, -0.2) is 7.11 Å². The van der Waals surface area contributed by atoms with E-state index in [4.69, 9.17) is 9.47 Å². The average molecular weight is 352 g/mol. The molecule has 0 aliphatic carbocycles. The topological polar surface area (TPSA) is 42.5 Å². The molecule has 3 aromatic rings. The minimum absolute atomic E-state index is 0.226. The first kappa shape index (κ1) is 17.8. The van der Waals surface area contributed by atoms with Gasteiger partial charge in [-0.15, -0.1) is 0 Å². The molecule has 2 N–H and O–H groups in total. The highest BCUT2D eigenvalue weighted by atomic mass is 19.1. The van der Waals surface area contributed by atoms with Crippen LogP contribution in [0.15, 0.2) is 72.8 Å². The largest absolute Gasteiger partial charge is 0.496 e. The minimum atomic E-state index is -0.378. The van der Waals surface area contributed by atoms with E-state index < -0.39 is 0 Å². The van der Waals surface area contributed by atoms with Crippen LogP contribution in [0.5, 0.6) is 11.5 Å². The third-order valence-electron chi connectivity index (χ3n) is 3.86. The zero-order chi connectivity index (χ0) is 18.2. The van der Waals surface area contributed by atoms with Crippen LogP contribution >= 0.6 is 0 Å². The Morgan fingerprint density at radius 1 is 0.885 bits per heavy atom. The van der Waals surface area contributed by atoms with Gasteiger partial charge in [0.15, 0.2) is 11.6 Å². The summed E-state index contributed by atoms with van der Waals surface area (Å²) >= 11 is 0. The maximum atomic E-state index is 13.7. The SMILES string of the molecule is COc1ccc(CNNc2ccccc2)cc1COc1ccccc1F. The van der Waals surface area contributed by atoms with E-state index in [9.17, 15) is 4.39 Å². The predicted octanol–water partition coefficient (Wildman–Crippen LogP) is 4.53. The molecule has 0 radical (unpaired) electrons.